The summed E-state index contributed by atoms with van der Waals surface area (Å²) < 4.78 is 34.0. The molecule has 0 spiro atoms. The van der Waals surface area contributed by atoms with Gasteiger partial charge in [0.15, 0.2) is 11.5 Å². The number of nitrogens with one attached hydrogen (secondary N) is 1. The summed E-state index contributed by atoms with van der Waals surface area (Å²) in [5.74, 6) is 1.25. The molecule has 3 aromatic rings. The Balaban J connectivity index is 1.52. The Kier molecular flexibility index (Phi) is 8.39. The van der Waals surface area contributed by atoms with Gasteiger partial charge in [-0.25, -0.2) is 13.6 Å². The maximum atomic E-state index is 11.3. The van der Waals surface area contributed by atoms with Crippen LogP contribution in [0.5, 0.6) is 11.5 Å². The van der Waals surface area contributed by atoms with Gasteiger partial charge >= 0.3 is 0 Å². The quantitative estimate of drug-likeness (QED) is 0.403. The lowest BCUT2D eigenvalue weighted by atomic mass is 10.1. The monoisotopic (exact) mass is 494 g/mol. The number of primary sulfonamides is 1. The average Bonchev–Trinajstić information content (AvgIpc) is 2.76. The minimum absolute atomic E-state index is 0.113. The Morgan fingerprint density at radius 3 is 2.31 bits per heavy atom. The molecule has 0 atom stereocenters. The van der Waals surface area contributed by atoms with E-state index in [4.69, 9.17) is 37.8 Å². The number of sulfonamides is 1. The molecule has 3 rings (SSSR count). The average molecular weight is 495 g/mol. The summed E-state index contributed by atoms with van der Waals surface area (Å²) in [4.78, 5) is 0.113. The molecule has 0 aliphatic carbocycles. The number of nitrogens with two attached hydrogens (primary N) is 1. The second-order valence-corrected chi connectivity index (χ2v) is 9.53. The normalized spacial score (nSPS) is 11.4. The Morgan fingerprint density at radius 2 is 1.66 bits per heavy atom. The smallest absolute Gasteiger partial charge is 0.238 e. The van der Waals surface area contributed by atoms with Crippen LogP contribution in [0.3, 0.4) is 0 Å². The van der Waals surface area contributed by atoms with Crippen molar-refractivity contribution < 1.29 is 17.9 Å². The third-order valence-corrected chi connectivity index (χ3v) is 6.31. The fourth-order valence-electron chi connectivity index (χ4n) is 3.05. The standard InChI is InChI=1S/C23H24Cl2N2O4S/c1-30-23-12-17(4-9-22(23)31-15-18-5-6-19(24)13-21(18)25)14-27-11-10-16-2-7-20(8-3-16)32(26,28)29/h2-9,12-13,27H,10-11,14-15H2,1H3,(H2,26,28,29). The molecule has 3 aromatic carbocycles. The molecular weight excluding hydrogens is 471 g/mol. The van der Waals surface area contributed by atoms with E-state index in [1.807, 2.05) is 24.3 Å². The fourth-order valence-corrected chi connectivity index (χ4v) is 4.03. The molecule has 0 amide bonds. The van der Waals surface area contributed by atoms with E-state index in [1.165, 1.54) is 12.1 Å². The SMILES string of the molecule is COc1cc(CNCCc2ccc(S(N)(=O)=O)cc2)ccc1OCc1ccc(Cl)cc1Cl. The first-order valence-electron chi connectivity index (χ1n) is 9.82. The molecule has 0 aromatic heterocycles. The van der Waals surface area contributed by atoms with Crippen LogP contribution in [0.15, 0.2) is 65.6 Å². The van der Waals surface area contributed by atoms with Crippen LogP contribution in [0.4, 0.5) is 0 Å². The molecule has 0 heterocycles. The molecule has 0 unspecified atom stereocenters. The van der Waals surface area contributed by atoms with Gasteiger partial charge < -0.3 is 14.8 Å². The lowest BCUT2D eigenvalue weighted by Crippen LogP contribution is -2.17. The number of benzene rings is 3. The topological polar surface area (TPSA) is 90.6 Å². The Bertz CT molecular complexity index is 1170. The maximum Gasteiger partial charge on any atom is 0.238 e. The van der Waals surface area contributed by atoms with Crippen molar-refractivity contribution in [1.82, 2.24) is 5.32 Å². The zero-order chi connectivity index (χ0) is 23.1. The predicted molar refractivity (Wildman–Crippen MR) is 127 cm³/mol. The van der Waals surface area contributed by atoms with Crippen molar-refractivity contribution in [3.8, 4) is 11.5 Å². The molecule has 0 saturated carbocycles. The van der Waals surface area contributed by atoms with Gasteiger partial charge in [0.05, 0.1) is 12.0 Å². The second-order valence-electron chi connectivity index (χ2n) is 7.13. The molecule has 0 aliphatic rings. The molecule has 0 aliphatic heterocycles. The summed E-state index contributed by atoms with van der Waals surface area (Å²) in [5.41, 5.74) is 2.90. The van der Waals surface area contributed by atoms with E-state index in [1.54, 1.807) is 31.4 Å². The van der Waals surface area contributed by atoms with Crippen LogP contribution in [0, 0.1) is 0 Å². The highest BCUT2D eigenvalue weighted by atomic mass is 35.5. The number of rotatable bonds is 10. The van der Waals surface area contributed by atoms with Crippen molar-refractivity contribution in [3.63, 3.8) is 0 Å². The van der Waals surface area contributed by atoms with Crippen LogP contribution < -0.4 is 19.9 Å². The third-order valence-electron chi connectivity index (χ3n) is 4.80. The summed E-state index contributed by atoms with van der Waals surface area (Å²) in [6.07, 6.45) is 0.755. The molecule has 9 heteroatoms. The molecule has 0 saturated heterocycles. The van der Waals surface area contributed by atoms with Gasteiger partial charge in [-0.15, -0.1) is 0 Å². The van der Waals surface area contributed by atoms with Crippen molar-refractivity contribution in [1.29, 1.82) is 0 Å². The van der Waals surface area contributed by atoms with E-state index in [-0.39, 0.29) is 4.90 Å². The largest absolute Gasteiger partial charge is 0.493 e. The highest BCUT2D eigenvalue weighted by molar-refractivity contribution is 7.89. The van der Waals surface area contributed by atoms with E-state index >= 15 is 0 Å². The summed E-state index contributed by atoms with van der Waals surface area (Å²) in [6.45, 7) is 1.67. The molecule has 3 N–H and O–H groups in total. The van der Waals surface area contributed by atoms with Crippen LogP contribution in [0.2, 0.25) is 10.0 Å². The van der Waals surface area contributed by atoms with Crippen molar-refractivity contribution in [2.45, 2.75) is 24.5 Å². The predicted octanol–water partition coefficient (Wildman–Crippen LogP) is 4.56. The first-order chi connectivity index (χ1) is 15.3. The Labute approximate surface area is 198 Å². The van der Waals surface area contributed by atoms with Crippen LogP contribution >= 0.6 is 23.2 Å². The zero-order valence-corrected chi connectivity index (χ0v) is 19.8. The van der Waals surface area contributed by atoms with Crippen LogP contribution in [0.25, 0.3) is 0 Å². The highest BCUT2D eigenvalue weighted by Crippen LogP contribution is 2.30. The number of hydrogen-bond acceptors (Lipinski definition) is 5. The molecule has 0 radical (unpaired) electrons. The lowest BCUT2D eigenvalue weighted by molar-refractivity contribution is 0.284. The van der Waals surface area contributed by atoms with Crippen LogP contribution in [-0.2, 0) is 29.6 Å². The number of methoxy groups -OCH3 is 1. The van der Waals surface area contributed by atoms with Gasteiger partial charge in [0, 0.05) is 22.2 Å². The van der Waals surface area contributed by atoms with Gasteiger partial charge in [-0.3, -0.25) is 0 Å². The molecule has 6 nitrogen and oxygen atoms in total. The summed E-state index contributed by atoms with van der Waals surface area (Å²) >= 11 is 12.1. The Morgan fingerprint density at radius 1 is 0.938 bits per heavy atom. The number of hydrogen-bond donors (Lipinski definition) is 2. The van der Waals surface area contributed by atoms with E-state index in [0.29, 0.717) is 34.7 Å². The summed E-state index contributed by atoms with van der Waals surface area (Å²) in [5, 5.41) is 9.61. The first-order valence-corrected chi connectivity index (χ1v) is 12.1. The van der Waals surface area contributed by atoms with Gasteiger partial charge in [-0.1, -0.05) is 47.5 Å². The molecule has 32 heavy (non-hydrogen) atoms. The number of ether oxygens (including phenoxy) is 2. The summed E-state index contributed by atoms with van der Waals surface area (Å²) in [6, 6.07) is 17.6. The van der Waals surface area contributed by atoms with Crippen molar-refractivity contribution in [2.75, 3.05) is 13.7 Å². The van der Waals surface area contributed by atoms with E-state index < -0.39 is 10.0 Å². The Hall–Kier alpha value is -2.29. The molecule has 0 bridgehead atoms. The van der Waals surface area contributed by atoms with Gasteiger partial charge in [0.25, 0.3) is 0 Å². The lowest BCUT2D eigenvalue weighted by Gasteiger charge is -2.13. The van der Waals surface area contributed by atoms with Crippen LogP contribution in [0.1, 0.15) is 16.7 Å². The van der Waals surface area contributed by atoms with Gasteiger partial charge in [0.2, 0.25) is 10.0 Å². The zero-order valence-electron chi connectivity index (χ0n) is 17.5. The van der Waals surface area contributed by atoms with Crippen LogP contribution in [-0.4, -0.2) is 22.1 Å². The summed E-state index contributed by atoms with van der Waals surface area (Å²) in [7, 11) is -2.07. The van der Waals surface area contributed by atoms with E-state index in [2.05, 4.69) is 5.32 Å². The van der Waals surface area contributed by atoms with Gasteiger partial charge in [0.1, 0.15) is 6.61 Å². The molecular formula is C23H24Cl2N2O4S. The first kappa shape index (κ1) is 24.4. The van der Waals surface area contributed by atoms with Gasteiger partial charge in [-0.05, 0) is 60.5 Å². The van der Waals surface area contributed by atoms with Crippen molar-refractivity contribution >= 4 is 33.2 Å². The van der Waals surface area contributed by atoms with E-state index in [9.17, 15) is 8.42 Å². The number of halogens is 2. The van der Waals surface area contributed by atoms with Gasteiger partial charge in [-0.2, -0.15) is 0 Å². The van der Waals surface area contributed by atoms with Crippen molar-refractivity contribution in [2.24, 2.45) is 5.14 Å². The highest BCUT2D eigenvalue weighted by Gasteiger charge is 2.09. The second kappa shape index (κ2) is 11.0. The maximum absolute atomic E-state index is 11.3. The van der Waals surface area contributed by atoms with E-state index in [0.717, 1.165) is 29.7 Å². The molecule has 170 valence electrons. The minimum Gasteiger partial charge on any atom is -0.493 e. The fraction of sp³-hybridized carbons (Fsp3) is 0.217. The third kappa shape index (κ3) is 6.85. The van der Waals surface area contributed by atoms with Crippen molar-refractivity contribution in [3.05, 3.63) is 87.4 Å². The minimum atomic E-state index is -3.66. The molecule has 0 fully saturated rings.